The van der Waals surface area contributed by atoms with Gasteiger partial charge in [-0.2, -0.15) is 9.97 Å². The Morgan fingerprint density at radius 3 is 1.77 bits per heavy atom. The third-order valence-corrected chi connectivity index (χ3v) is 12.3. The number of aromatic nitrogens is 4. The van der Waals surface area contributed by atoms with Crippen molar-refractivity contribution < 1.29 is 4.42 Å². The number of benzene rings is 8. The Morgan fingerprint density at radius 1 is 0.404 bits per heavy atom. The maximum atomic E-state index is 6.56. The zero-order chi connectivity index (χ0) is 37.5. The molecule has 0 saturated heterocycles. The summed E-state index contributed by atoms with van der Waals surface area (Å²) in [5.74, 6) is 1.73. The van der Waals surface area contributed by atoms with Gasteiger partial charge in [-0.05, 0) is 58.7 Å². The van der Waals surface area contributed by atoms with Crippen LogP contribution >= 0.6 is 11.3 Å². The monoisotopic (exact) mass is 746 g/mol. The molecular weight excluding hydrogens is 717 g/mol. The van der Waals surface area contributed by atoms with Crippen LogP contribution in [-0.2, 0) is 0 Å². The maximum Gasteiger partial charge on any atom is 0.238 e. The predicted octanol–water partition coefficient (Wildman–Crippen LogP) is 13.9. The first kappa shape index (κ1) is 31.9. The first-order valence-corrected chi connectivity index (χ1v) is 19.8. The van der Waals surface area contributed by atoms with Crippen LogP contribution in [0.15, 0.2) is 186 Å². The van der Waals surface area contributed by atoms with Gasteiger partial charge in [0.15, 0.2) is 11.6 Å². The van der Waals surface area contributed by atoms with Gasteiger partial charge >= 0.3 is 0 Å². The van der Waals surface area contributed by atoms with Crippen molar-refractivity contribution in [3.63, 3.8) is 0 Å². The van der Waals surface area contributed by atoms with Crippen LogP contribution in [0.2, 0.25) is 0 Å². The van der Waals surface area contributed by atoms with E-state index in [-0.39, 0.29) is 0 Å². The molecule has 0 bridgehead atoms. The van der Waals surface area contributed by atoms with E-state index in [0.717, 1.165) is 60.8 Å². The van der Waals surface area contributed by atoms with E-state index in [0.29, 0.717) is 17.6 Å². The van der Waals surface area contributed by atoms with E-state index in [1.165, 1.54) is 36.5 Å². The van der Waals surface area contributed by atoms with Crippen molar-refractivity contribution in [3.8, 4) is 51.0 Å². The zero-order valence-electron chi connectivity index (χ0n) is 30.4. The van der Waals surface area contributed by atoms with Gasteiger partial charge in [-0.15, -0.1) is 11.3 Å². The average Bonchev–Trinajstić information content (AvgIpc) is 3.96. The normalized spacial score (nSPS) is 11.9. The van der Waals surface area contributed by atoms with Crippen molar-refractivity contribution in [3.05, 3.63) is 182 Å². The Labute approximate surface area is 330 Å². The molecule has 0 aliphatic carbocycles. The molecule has 12 aromatic rings. The first-order valence-electron chi connectivity index (χ1n) is 19.0. The molecule has 0 aliphatic heterocycles. The summed E-state index contributed by atoms with van der Waals surface area (Å²) in [6.07, 6.45) is 0. The molecule has 266 valence electrons. The van der Waals surface area contributed by atoms with Crippen molar-refractivity contribution in [1.29, 1.82) is 0 Å². The van der Waals surface area contributed by atoms with Crippen molar-refractivity contribution in [1.82, 2.24) is 19.5 Å². The summed E-state index contributed by atoms with van der Waals surface area (Å²) in [5.41, 5.74) is 10.1. The van der Waals surface area contributed by atoms with Crippen LogP contribution in [0.5, 0.6) is 0 Å². The summed E-state index contributed by atoms with van der Waals surface area (Å²) in [4.78, 5) is 15.7. The van der Waals surface area contributed by atoms with Crippen LogP contribution < -0.4 is 0 Å². The minimum Gasteiger partial charge on any atom is -0.456 e. The van der Waals surface area contributed by atoms with Crippen LogP contribution in [-0.4, -0.2) is 19.5 Å². The highest BCUT2D eigenvalue weighted by Crippen LogP contribution is 2.46. The lowest BCUT2D eigenvalue weighted by molar-refractivity contribution is 0.669. The van der Waals surface area contributed by atoms with Crippen molar-refractivity contribution >= 4 is 75.3 Å². The zero-order valence-corrected chi connectivity index (χ0v) is 31.2. The number of rotatable bonds is 5. The summed E-state index contributed by atoms with van der Waals surface area (Å²) in [6.45, 7) is 0. The van der Waals surface area contributed by atoms with Crippen LogP contribution in [0.3, 0.4) is 0 Å². The van der Waals surface area contributed by atoms with Crippen LogP contribution in [0.25, 0.3) is 115 Å². The Balaban J connectivity index is 1.14. The minimum absolute atomic E-state index is 0.556. The average molecular weight is 747 g/mol. The first-order chi connectivity index (χ1) is 28.3. The van der Waals surface area contributed by atoms with E-state index in [2.05, 4.69) is 156 Å². The molecule has 6 heteroatoms. The van der Waals surface area contributed by atoms with Crippen LogP contribution in [0, 0.1) is 0 Å². The molecule has 0 radical (unpaired) electrons. The molecule has 0 amide bonds. The molecule has 4 aromatic heterocycles. The van der Waals surface area contributed by atoms with E-state index in [1.807, 2.05) is 41.7 Å². The molecule has 8 aromatic carbocycles. The van der Waals surface area contributed by atoms with Gasteiger partial charge in [-0.25, -0.2) is 4.98 Å². The van der Waals surface area contributed by atoms with Crippen molar-refractivity contribution in [2.45, 2.75) is 0 Å². The number of furan rings is 1. The van der Waals surface area contributed by atoms with E-state index in [9.17, 15) is 0 Å². The molecule has 0 fully saturated rings. The molecule has 12 rings (SSSR count). The molecule has 0 aliphatic rings. The molecule has 4 heterocycles. The fraction of sp³-hybridized carbons (Fsp3) is 0. The molecule has 57 heavy (non-hydrogen) atoms. The molecule has 0 spiro atoms. The summed E-state index contributed by atoms with van der Waals surface area (Å²) >= 11 is 1.84. The second kappa shape index (κ2) is 12.6. The van der Waals surface area contributed by atoms with Crippen LogP contribution in [0.1, 0.15) is 0 Å². The molecule has 0 saturated carbocycles. The number of thiophene rings is 1. The lowest BCUT2D eigenvalue weighted by Gasteiger charge is -2.11. The summed E-state index contributed by atoms with van der Waals surface area (Å²) in [6, 6.07) is 63.6. The Bertz CT molecular complexity index is 3510. The third kappa shape index (κ3) is 4.98. The summed E-state index contributed by atoms with van der Waals surface area (Å²) < 4.78 is 11.3. The van der Waals surface area contributed by atoms with Gasteiger partial charge in [0.25, 0.3) is 0 Å². The highest BCUT2D eigenvalue weighted by atomic mass is 32.1. The maximum absolute atomic E-state index is 6.56. The fourth-order valence-electron chi connectivity index (χ4n) is 8.53. The van der Waals surface area contributed by atoms with E-state index >= 15 is 0 Å². The number of nitrogens with zero attached hydrogens (tertiary/aromatic N) is 4. The second-order valence-electron chi connectivity index (χ2n) is 14.3. The van der Waals surface area contributed by atoms with E-state index in [1.54, 1.807) is 0 Å². The van der Waals surface area contributed by atoms with Gasteiger partial charge in [0.1, 0.15) is 11.2 Å². The van der Waals surface area contributed by atoms with Crippen molar-refractivity contribution in [2.75, 3.05) is 0 Å². The highest BCUT2D eigenvalue weighted by molar-refractivity contribution is 7.26. The Morgan fingerprint density at radius 2 is 1.02 bits per heavy atom. The quantitative estimate of drug-likeness (QED) is 0.176. The largest absolute Gasteiger partial charge is 0.456 e. The van der Waals surface area contributed by atoms with Gasteiger partial charge in [0.05, 0.1) is 11.0 Å². The van der Waals surface area contributed by atoms with Crippen molar-refractivity contribution in [2.24, 2.45) is 0 Å². The molecular formula is C51H30N4OS. The smallest absolute Gasteiger partial charge is 0.238 e. The standard InChI is InChI=1S/C51H30N4OS/c1-4-14-31(15-5-1)35-22-13-24-42-45(35)39-27-26-34(30-43(39)56-42)50-52-49(33-18-8-3-9-19-33)53-51(54-50)55-40-23-12-21-36(32-16-6-2-7-17-32)46(40)47-41(55)29-28-38-37-20-10-11-25-44(37)57-48(38)47/h1-30H. The predicted molar refractivity (Wildman–Crippen MR) is 236 cm³/mol. The van der Waals surface area contributed by atoms with E-state index in [4.69, 9.17) is 19.4 Å². The minimum atomic E-state index is 0.556. The number of hydrogen-bond donors (Lipinski definition) is 0. The highest BCUT2D eigenvalue weighted by Gasteiger charge is 2.23. The number of hydrogen-bond acceptors (Lipinski definition) is 5. The topological polar surface area (TPSA) is 56.7 Å². The third-order valence-electron chi connectivity index (χ3n) is 11.1. The second-order valence-corrected chi connectivity index (χ2v) is 15.4. The lowest BCUT2D eigenvalue weighted by atomic mass is 9.99. The fourth-order valence-corrected chi connectivity index (χ4v) is 9.78. The Kier molecular flexibility index (Phi) is 7.03. The molecule has 0 atom stereocenters. The van der Waals surface area contributed by atoms with Gasteiger partial charge < -0.3 is 4.42 Å². The van der Waals surface area contributed by atoms with Crippen LogP contribution in [0.4, 0.5) is 0 Å². The van der Waals surface area contributed by atoms with Gasteiger partial charge in [-0.1, -0.05) is 146 Å². The molecule has 0 unspecified atom stereocenters. The Hall–Kier alpha value is -7.41. The molecule has 5 nitrogen and oxygen atoms in total. The number of fused-ring (bicyclic) bond motifs is 10. The SMILES string of the molecule is c1ccc(-c2nc(-c3ccc4c(c3)oc3cccc(-c5ccccc5)c34)nc(-n3c4cccc(-c5ccccc5)c4c4c5sc6ccccc6c5ccc43)n2)cc1. The molecule has 0 N–H and O–H groups in total. The summed E-state index contributed by atoms with van der Waals surface area (Å²) in [5, 5.41) is 7.04. The van der Waals surface area contributed by atoms with Gasteiger partial charge in [-0.3, -0.25) is 4.57 Å². The van der Waals surface area contributed by atoms with Gasteiger partial charge in [0.2, 0.25) is 5.95 Å². The lowest BCUT2D eigenvalue weighted by Crippen LogP contribution is -2.06. The van der Waals surface area contributed by atoms with E-state index < -0.39 is 0 Å². The van der Waals surface area contributed by atoms with Gasteiger partial charge in [0, 0.05) is 52.8 Å². The summed E-state index contributed by atoms with van der Waals surface area (Å²) in [7, 11) is 0.